The average Bonchev–Trinajstić information content (AvgIpc) is 3.38. The van der Waals surface area contributed by atoms with E-state index < -0.39 is 28.7 Å². The van der Waals surface area contributed by atoms with Crippen molar-refractivity contribution in [3.8, 4) is 0 Å². The van der Waals surface area contributed by atoms with Gasteiger partial charge in [0.2, 0.25) is 11.8 Å². The molecule has 1 spiro atoms. The predicted molar refractivity (Wildman–Crippen MR) is 146 cm³/mol. The molecule has 3 N–H and O–H groups in total. The van der Waals surface area contributed by atoms with Gasteiger partial charge < -0.3 is 15.4 Å². The Kier molecular flexibility index (Phi) is 7.73. The number of anilines is 1. The van der Waals surface area contributed by atoms with Gasteiger partial charge in [-0.15, -0.1) is 0 Å². The SMILES string of the molecule is CCC1(CC)N[C@@H](C(=O)NCCN2CCOCC2)[C@H](c2cccc(Cl)c2F)C12C(=O)Nc1cc(Cl)ccc12. The summed E-state index contributed by atoms with van der Waals surface area (Å²) in [6.07, 6.45) is 1.07. The van der Waals surface area contributed by atoms with Gasteiger partial charge in [-0.05, 0) is 42.2 Å². The zero-order valence-corrected chi connectivity index (χ0v) is 23.1. The van der Waals surface area contributed by atoms with Crippen LogP contribution >= 0.6 is 23.2 Å². The highest BCUT2D eigenvalue weighted by Crippen LogP contribution is 2.61. The number of carbonyl (C=O) groups is 2. The number of nitrogens with one attached hydrogen (secondary N) is 3. The highest BCUT2D eigenvalue weighted by Gasteiger charge is 2.71. The van der Waals surface area contributed by atoms with Crippen molar-refractivity contribution in [1.29, 1.82) is 0 Å². The summed E-state index contributed by atoms with van der Waals surface area (Å²) in [4.78, 5) is 30.3. The molecule has 2 aromatic carbocycles. The van der Waals surface area contributed by atoms with E-state index in [-0.39, 0.29) is 22.4 Å². The first-order chi connectivity index (χ1) is 18.3. The third kappa shape index (κ3) is 4.21. The van der Waals surface area contributed by atoms with Crippen molar-refractivity contribution in [2.75, 3.05) is 44.7 Å². The molecule has 7 nitrogen and oxygen atoms in total. The fourth-order valence-corrected chi connectivity index (χ4v) is 7.16. The number of hydrogen-bond donors (Lipinski definition) is 3. The Morgan fingerprint density at radius 1 is 1.18 bits per heavy atom. The lowest BCUT2D eigenvalue weighted by Crippen LogP contribution is -2.59. The number of morpholine rings is 1. The summed E-state index contributed by atoms with van der Waals surface area (Å²) in [6, 6.07) is 9.16. The van der Waals surface area contributed by atoms with Crippen LogP contribution in [0.5, 0.6) is 0 Å². The highest BCUT2D eigenvalue weighted by molar-refractivity contribution is 6.31. The normalized spacial score (nSPS) is 26.4. The van der Waals surface area contributed by atoms with Gasteiger partial charge in [-0.2, -0.15) is 0 Å². The molecule has 2 amide bonds. The van der Waals surface area contributed by atoms with Gasteiger partial charge in [0.1, 0.15) is 11.2 Å². The third-order valence-corrected chi connectivity index (χ3v) is 9.16. The number of fused-ring (bicyclic) bond motifs is 2. The van der Waals surface area contributed by atoms with Gasteiger partial charge in [0.05, 0.1) is 24.3 Å². The molecule has 0 radical (unpaired) electrons. The van der Waals surface area contributed by atoms with Crippen LogP contribution in [0.2, 0.25) is 10.0 Å². The van der Waals surface area contributed by atoms with E-state index >= 15 is 4.39 Å². The molecule has 2 aromatic rings. The Morgan fingerprint density at radius 2 is 1.92 bits per heavy atom. The van der Waals surface area contributed by atoms with Gasteiger partial charge >= 0.3 is 0 Å². The Hall–Kier alpha value is -2.23. The Labute approximate surface area is 232 Å². The molecule has 38 heavy (non-hydrogen) atoms. The van der Waals surface area contributed by atoms with Crippen LogP contribution in [0.4, 0.5) is 10.1 Å². The molecule has 0 bridgehead atoms. The van der Waals surface area contributed by atoms with Crippen LogP contribution in [-0.4, -0.2) is 67.7 Å². The molecule has 3 atom stereocenters. The second-order valence-electron chi connectivity index (χ2n) is 10.2. The van der Waals surface area contributed by atoms with E-state index in [9.17, 15) is 9.59 Å². The van der Waals surface area contributed by atoms with Gasteiger partial charge in [0.15, 0.2) is 0 Å². The van der Waals surface area contributed by atoms with E-state index in [2.05, 4.69) is 20.9 Å². The Balaban J connectivity index is 1.61. The van der Waals surface area contributed by atoms with E-state index in [4.69, 9.17) is 27.9 Å². The highest BCUT2D eigenvalue weighted by atomic mass is 35.5. The first kappa shape index (κ1) is 27.3. The monoisotopic (exact) mass is 562 g/mol. The van der Waals surface area contributed by atoms with Gasteiger partial charge in [0, 0.05) is 48.3 Å². The van der Waals surface area contributed by atoms with Crippen molar-refractivity contribution in [2.45, 2.75) is 49.6 Å². The molecular formula is C28H33Cl2FN4O3. The van der Waals surface area contributed by atoms with Gasteiger partial charge in [-0.3, -0.25) is 19.8 Å². The minimum Gasteiger partial charge on any atom is -0.379 e. The molecule has 3 heterocycles. The van der Waals surface area contributed by atoms with Crippen LogP contribution < -0.4 is 16.0 Å². The van der Waals surface area contributed by atoms with Crippen LogP contribution in [0.1, 0.15) is 43.7 Å². The maximum Gasteiger partial charge on any atom is 0.237 e. The smallest absolute Gasteiger partial charge is 0.237 e. The summed E-state index contributed by atoms with van der Waals surface area (Å²) >= 11 is 12.5. The summed E-state index contributed by atoms with van der Waals surface area (Å²) in [5, 5.41) is 10.0. The Morgan fingerprint density at radius 3 is 2.63 bits per heavy atom. The molecule has 2 saturated heterocycles. The second kappa shape index (κ2) is 10.7. The van der Waals surface area contributed by atoms with Crippen LogP contribution in [0.3, 0.4) is 0 Å². The van der Waals surface area contributed by atoms with Crippen LogP contribution in [-0.2, 0) is 19.7 Å². The molecule has 204 valence electrons. The lowest BCUT2D eigenvalue weighted by molar-refractivity contribution is -0.124. The third-order valence-electron chi connectivity index (χ3n) is 8.64. The molecule has 5 rings (SSSR count). The molecule has 2 fully saturated rings. The largest absolute Gasteiger partial charge is 0.379 e. The van der Waals surface area contributed by atoms with Crippen LogP contribution in [0.25, 0.3) is 0 Å². The quantitative estimate of drug-likeness (QED) is 0.473. The number of amides is 2. The lowest BCUT2D eigenvalue weighted by Gasteiger charge is -2.44. The molecule has 10 heteroatoms. The maximum atomic E-state index is 15.8. The number of hydrogen-bond acceptors (Lipinski definition) is 5. The average molecular weight is 564 g/mol. The number of halogens is 3. The summed E-state index contributed by atoms with van der Waals surface area (Å²) in [5.74, 6) is -2.03. The van der Waals surface area contributed by atoms with Crippen LogP contribution in [0, 0.1) is 5.82 Å². The zero-order valence-electron chi connectivity index (χ0n) is 21.6. The van der Waals surface area contributed by atoms with E-state index in [0.29, 0.717) is 55.4 Å². The minimum atomic E-state index is -1.27. The van der Waals surface area contributed by atoms with E-state index in [0.717, 1.165) is 13.1 Å². The molecule has 0 saturated carbocycles. The molecule has 0 aliphatic carbocycles. The van der Waals surface area contributed by atoms with Crippen molar-refractivity contribution in [2.24, 2.45) is 0 Å². The van der Waals surface area contributed by atoms with E-state index in [1.54, 1.807) is 24.3 Å². The topological polar surface area (TPSA) is 82.7 Å². The summed E-state index contributed by atoms with van der Waals surface area (Å²) < 4.78 is 21.2. The second-order valence-corrected chi connectivity index (χ2v) is 11.1. The predicted octanol–water partition coefficient (Wildman–Crippen LogP) is 4.09. The number of carbonyl (C=O) groups excluding carboxylic acids is 2. The fraction of sp³-hybridized carbons (Fsp3) is 0.500. The number of nitrogens with zero attached hydrogens (tertiary/aromatic N) is 1. The fourth-order valence-electron chi connectivity index (χ4n) is 6.81. The van der Waals surface area contributed by atoms with Gasteiger partial charge in [-0.1, -0.05) is 55.2 Å². The van der Waals surface area contributed by atoms with E-state index in [1.165, 1.54) is 6.07 Å². The number of ether oxygens (including phenoxy) is 1. The summed E-state index contributed by atoms with van der Waals surface area (Å²) in [7, 11) is 0. The first-order valence-electron chi connectivity index (χ1n) is 13.2. The molecule has 0 aromatic heterocycles. The van der Waals surface area contributed by atoms with Crippen molar-refractivity contribution < 1.29 is 18.7 Å². The van der Waals surface area contributed by atoms with Crippen molar-refractivity contribution in [3.05, 3.63) is 63.4 Å². The van der Waals surface area contributed by atoms with E-state index in [1.807, 2.05) is 19.9 Å². The molecular weight excluding hydrogens is 530 g/mol. The molecule has 3 aliphatic rings. The number of benzene rings is 2. The minimum absolute atomic E-state index is 0.0515. The molecule has 1 unspecified atom stereocenters. The maximum absolute atomic E-state index is 15.8. The summed E-state index contributed by atoms with van der Waals surface area (Å²) in [5.41, 5.74) is -0.580. The lowest BCUT2D eigenvalue weighted by atomic mass is 9.57. The van der Waals surface area contributed by atoms with Crippen molar-refractivity contribution >= 4 is 40.7 Å². The van der Waals surface area contributed by atoms with Gasteiger partial charge in [0.25, 0.3) is 0 Å². The first-order valence-corrected chi connectivity index (χ1v) is 14.0. The zero-order chi connectivity index (χ0) is 27.1. The number of rotatable bonds is 7. The van der Waals surface area contributed by atoms with Gasteiger partial charge in [-0.25, -0.2) is 4.39 Å². The summed E-state index contributed by atoms with van der Waals surface area (Å²) in [6.45, 7) is 8.05. The standard InChI is InChI=1S/C28H33Cl2FN4O3/c1-3-27(4-2)28(19-9-8-17(29)16-21(19)33-26(28)37)22(18-6-5-7-20(30)23(18)31)24(34-27)25(36)32-10-11-35-12-14-38-15-13-35/h5-9,16,22,24,34H,3-4,10-15H2,1-2H3,(H,32,36)(H,33,37)/t22-,24+,28?/m0/s1. The Bertz CT molecular complexity index is 1230. The van der Waals surface area contributed by atoms with Crippen molar-refractivity contribution in [3.63, 3.8) is 0 Å². The van der Waals surface area contributed by atoms with Crippen LogP contribution in [0.15, 0.2) is 36.4 Å². The molecule has 3 aliphatic heterocycles. The van der Waals surface area contributed by atoms with Crippen molar-refractivity contribution in [1.82, 2.24) is 15.5 Å².